The molecule has 0 amide bonds. The summed E-state index contributed by atoms with van der Waals surface area (Å²) in [5.41, 5.74) is 2.17. The van der Waals surface area contributed by atoms with E-state index >= 15 is 0 Å². The molecule has 0 aliphatic rings. The summed E-state index contributed by atoms with van der Waals surface area (Å²) in [6.45, 7) is 9.88. The first kappa shape index (κ1) is 40.6. The molecule has 12 heteroatoms. The van der Waals surface area contributed by atoms with Gasteiger partial charge in [-0.25, -0.2) is 19.2 Å². The molecule has 0 heterocycles. The van der Waals surface area contributed by atoms with E-state index in [4.69, 9.17) is 28.4 Å². The van der Waals surface area contributed by atoms with Gasteiger partial charge < -0.3 is 28.4 Å². The molecule has 0 N–H and O–H groups in total. The Kier molecular flexibility index (Phi) is 17.3. The number of aryl methyl sites for hydroxylation is 2. The number of carbonyl (C=O) groups is 6. The summed E-state index contributed by atoms with van der Waals surface area (Å²) in [5.74, 6) is 4.75. The molecule has 0 spiro atoms. The highest BCUT2D eigenvalue weighted by molar-refractivity contribution is 5.90. The second-order valence-electron chi connectivity index (χ2n) is 11.0. The first-order chi connectivity index (χ1) is 23.8. The van der Waals surface area contributed by atoms with Crippen molar-refractivity contribution in [1.29, 1.82) is 0 Å². The molecule has 0 aromatic heterocycles. The topological polar surface area (TPSA) is 158 Å². The van der Waals surface area contributed by atoms with Crippen LogP contribution in [-0.2, 0) is 70.0 Å². The number of carbonyl (C=O) groups excluding carboxylic acids is 6. The monoisotopic (exact) mass is 690 g/mol. The lowest BCUT2D eigenvalue weighted by Gasteiger charge is -2.26. The van der Waals surface area contributed by atoms with E-state index in [1.165, 1.54) is 0 Å². The Morgan fingerprint density at radius 1 is 0.560 bits per heavy atom. The van der Waals surface area contributed by atoms with Crippen molar-refractivity contribution in [3.05, 3.63) is 70.8 Å². The van der Waals surface area contributed by atoms with Crippen LogP contribution in [0.15, 0.2) is 48.5 Å². The minimum Gasteiger partial charge on any atom is -0.460 e. The van der Waals surface area contributed by atoms with E-state index in [1.807, 2.05) is 0 Å². The molecule has 0 aliphatic carbocycles. The highest BCUT2D eigenvalue weighted by Gasteiger charge is 2.43. The third-order valence-electron chi connectivity index (χ3n) is 6.34. The number of hydrogen-bond acceptors (Lipinski definition) is 12. The van der Waals surface area contributed by atoms with E-state index in [0.29, 0.717) is 22.3 Å². The van der Waals surface area contributed by atoms with Gasteiger partial charge in [0.25, 0.3) is 0 Å². The fourth-order valence-corrected chi connectivity index (χ4v) is 4.23. The van der Waals surface area contributed by atoms with Crippen molar-refractivity contribution < 1.29 is 57.2 Å². The zero-order valence-electron chi connectivity index (χ0n) is 29.1. The summed E-state index contributed by atoms with van der Waals surface area (Å²) in [7, 11) is 0. The van der Waals surface area contributed by atoms with Gasteiger partial charge in [0.2, 0.25) is 12.2 Å². The van der Waals surface area contributed by atoms with Crippen LogP contribution >= 0.6 is 0 Å². The molecule has 0 bridgehead atoms. The maximum absolute atomic E-state index is 13.2. The number of benzene rings is 2. The lowest BCUT2D eigenvalue weighted by atomic mass is 10.0. The molecule has 2 rings (SSSR count). The molecule has 2 aromatic rings. The number of hydrogen-bond donors (Lipinski definition) is 0. The molecule has 266 valence electrons. The van der Waals surface area contributed by atoms with Gasteiger partial charge >= 0.3 is 35.8 Å². The average Bonchev–Trinajstić information content (AvgIpc) is 3.06. The van der Waals surface area contributed by atoms with E-state index in [2.05, 4.69) is 23.7 Å². The summed E-state index contributed by atoms with van der Waals surface area (Å²) < 4.78 is 31.1. The van der Waals surface area contributed by atoms with Crippen molar-refractivity contribution in [2.24, 2.45) is 0 Å². The van der Waals surface area contributed by atoms with Crippen molar-refractivity contribution in [1.82, 2.24) is 0 Å². The summed E-state index contributed by atoms with van der Waals surface area (Å²) >= 11 is 0. The van der Waals surface area contributed by atoms with Gasteiger partial charge in [-0.2, -0.15) is 0 Å². The van der Waals surface area contributed by atoms with E-state index in [0.717, 1.165) is 0 Å². The Hall–Kier alpha value is -5.62. The third-order valence-corrected chi connectivity index (χ3v) is 6.34. The first-order valence-corrected chi connectivity index (χ1v) is 16.2. The Morgan fingerprint density at radius 2 is 0.920 bits per heavy atom. The van der Waals surface area contributed by atoms with Crippen molar-refractivity contribution in [2.45, 2.75) is 91.6 Å². The smallest absolute Gasteiger partial charge is 0.384 e. The molecular formula is C38H42O12. The summed E-state index contributed by atoms with van der Waals surface area (Å²) in [6.07, 6.45) is -5.66. The third kappa shape index (κ3) is 14.7. The molecule has 50 heavy (non-hydrogen) atoms. The van der Waals surface area contributed by atoms with Gasteiger partial charge in [0.05, 0.1) is 25.4 Å². The predicted octanol–water partition coefficient (Wildman–Crippen LogP) is 3.81. The van der Waals surface area contributed by atoms with Crippen molar-refractivity contribution in [2.75, 3.05) is 13.2 Å². The zero-order chi connectivity index (χ0) is 37.1. The van der Waals surface area contributed by atoms with Crippen LogP contribution in [0.4, 0.5) is 0 Å². The van der Waals surface area contributed by atoms with Gasteiger partial charge in [-0.05, 0) is 77.6 Å². The van der Waals surface area contributed by atoms with Crippen LogP contribution < -0.4 is 0 Å². The summed E-state index contributed by atoms with van der Waals surface area (Å²) in [6, 6.07) is 13.6. The zero-order valence-corrected chi connectivity index (χ0v) is 29.1. The Labute approximate surface area is 292 Å². The van der Waals surface area contributed by atoms with E-state index in [-0.39, 0.29) is 38.9 Å². The second kappa shape index (κ2) is 21.4. The minimum atomic E-state index is -1.98. The minimum absolute atomic E-state index is 0.0951. The van der Waals surface area contributed by atoms with Gasteiger partial charge in [0, 0.05) is 35.8 Å². The van der Waals surface area contributed by atoms with Gasteiger partial charge in [-0.15, -0.1) is 0 Å². The molecule has 0 unspecified atom stereocenters. The van der Waals surface area contributed by atoms with E-state index < -0.39 is 60.2 Å². The summed E-state index contributed by atoms with van der Waals surface area (Å²) in [4.78, 5) is 76.1. The molecule has 12 nitrogen and oxygen atoms in total. The van der Waals surface area contributed by atoms with Crippen LogP contribution in [-0.4, -0.2) is 73.4 Å². The van der Waals surface area contributed by atoms with Crippen LogP contribution in [0.5, 0.6) is 0 Å². The fraction of sp³-hybridized carbons (Fsp3) is 0.421. The molecule has 0 fully saturated rings. The van der Waals surface area contributed by atoms with Crippen molar-refractivity contribution >= 4 is 35.8 Å². The highest BCUT2D eigenvalue weighted by atomic mass is 16.6. The molecule has 0 radical (unpaired) electrons. The van der Waals surface area contributed by atoms with Crippen LogP contribution in [0.1, 0.15) is 76.6 Å². The quantitative estimate of drug-likeness (QED) is 0.151. The van der Waals surface area contributed by atoms with Crippen molar-refractivity contribution in [3.63, 3.8) is 0 Å². The number of ether oxygens (including phenoxy) is 6. The largest absolute Gasteiger partial charge is 0.460 e. The standard InChI is InChI=1S/C38H42O12/c1-7-45-31(39)21-17-27-13-9-11-15-29(27)19-23-33(41)49-35(37(43)47-25(3)4)36(38(44)48-26(5)6)50-34(42)24-20-30-16-12-10-14-28(30)18-22-32(40)46-8-2/h9-16,25-26,35-36H,7-8,19-20,23-24H2,1-6H3/t35-,36-/m1/s1. The maximum atomic E-state index is 13.2. The lowest BCUT2D eigenvalue weighted by Crippen LogP contribution is -2.48. The highest BCUT2D eigenvalue weighted by Crippen LogP contribution is 2.18. The lowest BCUT2D eigenvalue weighted by molar-refractivity contribution is -0.194. The molecule has 2 aromatic carbocycles. The predicted molar refractivity (Wildman–Crippen MR) is 179 cm³/mol. The van der Waals surface area contributed by atoms with Crippen LogP contribution in [0, 0.1) is 23.7 Å². The average molecular weight is 691 g/mol. The first-order valence-electron chi connectivity index (χ1n) is 16.2. The maximum Gasteiger partial charge on any atom is 0.384 e. The van der Waals surface area contributed by atoms with Crippen LogP contribution in [0.2, 0.25) is 0 Å². The second-order valence-corrected chi connectivity index (χ2v) is 11.0. The molecule has 0 aliphatic heterocycles. The van der Waals surface area contributed by atoms with Gasteiger partial charge in [-0.3, -0.25) is 9.59 Å². The van der Waals surface area contributed by atoms with Crippen LogP contribution in [0.25, 0.3) is 0 Å². The van der Waals surface area contributed by atoms with Gasteiger partial charge in [0.1, 0.15) is 0 Å². The Balaban J connectivity index is 2.28. The molecule has 0 saturated heterocycles. The molecule has 2 atom stereocenters. The Morgan fingerprint density at radius 3 is 1.26 bits per heavy atom. The SMILES string of the molecule is CCOC(=O)C#Cc1ccccc1CCC(=O)O[C@@H](C(=O)OC(C)C)[C@@H](OC(=O)CCc1ccccc1C#CC(=O)OCC)C(=O)OC(C)C. The number of esters is 6. The Bertz CT molecular complexity index is 1510. The molecular weight excluding hydrogens is 648 g/mol. The normalized spacial score (nSPS) is 11.4. The van der Waals surface area contributed by atoms with E-state index in [1.54, 1.807) is 90.1 Å². The van der Waals surface area contributed by atoms with Crippen molar-refractivity contribution in [3.8, 4) is 23.7 Å². The van der Waals surface area contributed by atoms with Gasteiger partial charge in [0.15, 0.2) is 0 Å². The molecule has 0 saturated carbocycles. The van der Waals surface area contributed by atoms with E-state index in [9.17, 15) is 28.8 Å². The van der Waals surface area contributed by atoms with Crippen LogP contribution in [0.3, 0.4) is 0 Å². The van der Waals surface area contributed by atoms with Gasteiger partial charge in [-0.1, -0.05) is 48.2 Å². The fourth-order valence-electron chi connectivity index (χ4n) is 4.23. The number of rotatable bonds is 15. The summed E-state index contributed by atoms with van der Waals surface area (Å²) in [5, 5.41) is 0.